The molecule has 0 bridgehead atoms. The molecule has 0 aliphatic carbocycles. The molecule has 740 valence electrons. The predicted molar refractivity (Wildman–Crippen MR) is 541 cm³/mol. The molecule has 5 aliphatic rings. The normalized spacial score (nSPS) is 16.5. The Balaban J connectivity index is 0.000000160. The average Bonchev–Trinajstić information content (AvgIpc) is 0.743. The van der Waals surface area contributed by atoms with Crippen molar-refractivity contribution >= 4 is 109 Å². The van der Waals surface area contributed by atoms with E-state index < -0.39 is 57.3 Å². The third kappa shape index (κ3) is 20.0. The number of aryl methyl sites for hydroxylation is 1. The molecule has 141 heavy (non-hydrogen) atoms. The fourth-order valence-corrected chi connectivity index (χ4v) is 19.2. The summed E-state index contributed by atoms with van der Waals surface area (Å²) in [5, 5.41) is 29.3. The lowest BCUT2D eigenvalue weighted by atomic mass is 10.0. The predicted octanol–water partition coefficient (Wildman–Crippen LogP) is 13.6. The number of phenolic OH excluding ortho intramolecular Hbond substituents is 2. The molecule has 0 spiro atoms. The molecule has 34 nitrogen and oxygen atoms in total. The van der Waals surface area contributed by atoms with E-state index in [0.29, 0.717) is 150 Å². The highest BCUT2D eigenvalue weighted by molar-refractivity contribution is 6.34. The van der Waals surface area contributed by atoms with E-state index in [2.05, 4.69) is 65.1 Å². The summed E-state index contributed by atoms with van der Waals surface area (Å²) in [4.78, 5) is 148. The number of nitrogens with two attached hydrogens (primary N) is 1. The summed E-state index contributed by atoms with van der Waals surface area (Å²) in [7, 11) is 1.49. The van der Waals surface area contributed by atoms with Crippen LogP contribution < -0.4 is 62.7 Å². The van der Waals surface area contributed by atoms with Gasteiger partial charge in [0.15, 0.2) is 22.8 Å². The number of amides is 3. The molecular formula is C101H115Cl2F4N25O9. The number of methoxy groups -OCH3 is 1. The number of benzene rings is 3. The summed E-state index contributed by atoms with van der Waals surface area (Å²) >= 11 is 13.8. The largest absolute Gasteiger partial charge is 0.507 e. The quantitative estimate of drug-likeness (QED) is 0.0269. The molecule has 5 fully saturated rings. The average molecular weight is 1970 g/mol. The van der Waals surface area contributed by atoms with Gasteiger partial charge in [0.05, 0.1) is 107 Å². The summed E-state index contributed by atoms with van der Waals surface area (Å²) in [6.07, 6.45) is 3.83. The standard InChI is InChI=1S/C35H42ClFN10O2.C35H41ClFN9O3.C31H32F2N6O4/c1-7-26(48)45-15-16-46(21(6)18-45)32-22-17-23(36)30(27-24(37)9-8-10-25(27)38)40-33(22)47(35(49)43-32)31-28(19(2)3)41-34(42-29(31)20(4)5)44-13-11-39-12-14-44;1-7-26(48)44-15-16-45(21(6)18-44)32-22-17-23(36)30(27-24(37)9-8-10-25(27)47)39-33(22)46(35(49)42-32)31-28(19(2)3)40-34(41-29(31)20(4)5)43-13-11-38-12-14-43;1-7-24(41)37-11-12-38(18(5)15-37)29-19-14-21(33)27(25-20(32)9-8-10-22(25)40)35-30(19)39(31(42)36-29)28-17(4)13-23(43-6)34-26(28)16(2)3/h7-10,17,19-21,39H,1,11-16,18,38H2,2-6H3;7-10,17,19-21,38,47H,1,11-16,18H2,2-6H3;7-10,13-14,16,18,40H,1,11-12,15H2,2-6H3/t2*21-;18-/m000/s1. The molecule has 5 aliphatic heterocycles. The first kappa shape index (κ1) is 101. The third-order valence-electron chi connectivity index (χ3n) is 25.8. The highest BCUT2D eigenvalue weighted by atomic mass is 35.5. The van der Waals surface area contributed by atoms with Crippen LogP contribution in [0, 0.1) is 30.2 Å². The molecule has 5 saturated heterocycles. The zero-order valence-electron chi connectivity index (χ0n) is 81.4. The van der Waals surface area contributed by atoms with E-state index in [4.69, 9.17) is 63.6 Å². The number of phenols is 2. The lowest BCUT2D eigenvalue weighted by Crippen LogP contribution is -2.54. The number of pyridine rings is 4. The molecule has 14 heterocycles. The first-order valence-electron chi connectivity index (χ1n) is 47.0. The number of aromatic nitrogens is 14. The van der Waals surface area contributed by atoms with E-state index in [1.165, 1.54) is 81.5 Å². The molecule has 3 aromatic carbocycles. The van der Waals surface area contributed by atoms with Crippen molar-refractivity contribution < 1.29 is 46.9 Å². The number of rotatable bonds is 20. The number of nitrogens with one attached hydrogen (secondary N) is 2. The number of fused-ring (bicyclic) bond motifs is 3. The number of anilines is 6. The number of halogens is 6. The van der Waals surface area contributed by atoms with E-state index in [9.17, 15) is 43.4 Å². The number of piperazine rings is 5. The summed E-state index contributed by atoms with van der Waals surface area (Å²) in [6.45, 7) is 47.8. The molecule has 17 rings (SSSR count). The molecule has 0 radical (unpaired) electrons. The van der Waals surface area contributed by atoms with Crippen LogP contribution in [0.1, 0.15) is 154 Å². The number of nitrogen functional groups attached to an aromatic ring is 1. The third-order valence-corrected chi connectivity index (χ3v) is 26.3. The number of aromatic hydroxyl groups is 2. The SMILES string of the molecule is C=CC(=O)N1CCN(c2nc(=O)n(-c3c(C(C)C)nc(N4CCNCC4)nc3C(C)C)c3nc(-c4c(N)cccc4F)c(Cl)cc23)[C@@H](C)C1.C=CC(=O)N1CCN(c2nc(=O)n(-c3c(C(C)C)nc(N4CCNCC4)nc3C(C)C)c3nc(-c4c(O)cccc4F)c(Cl)cc23)[C@@H](C)C1.C=CC(=O)N1CCN(c2nc(=O)n(-c3c(C)cc(OC)nc3C(C)C)c3nc(-c4c(O)cccc4F)c(F)cc23)[C@@H](C)C1. The van der Waals surface area contributed by atoms with Gasteiger partial charge in [0, 0.05) is 141 Å². The van der Waals surface area contributed by atoms with Crippen LogP contribution in [0.4, 0.5) is 52.6 Å². The van der Waals surface area contributed by atoms with Crippen LogP contribution >= 0.6 is 23.2 Å². The molecule has 3 atom stereocenters. The zero-order valence-corrected chi connectivity index (χ0v) is 82.9. The fraction of sp³-hybridized carbons (Fsp3) is 0.396. The van der Waals surface area contributed by atoms with Gasteiger partial charge in [0.2, 0.25) is 35.5 Å². The minimum Gasteiger partial charge on any atom is -0.507 e. The molecule has 40 heteroatoms. The van der Waals surface area contributed by atoms with E-state index in [-0.39, 0.29) is 138 Å². The summed E-state index contributed by atoms with van der Waals surface area (Å²) in [6, 6.07) is 17.3. The Morgan fingerprint density at radius 2 is 0.752 bits per heavy atom. The van der Waals surface area contributed by atoms with Gasteiger partial charge in [0.25, 0.3) is 0 Å². The van der Waals surface area contributed by atoms with Gasteiger partial charge >= 0.3 is 17.1 Å². The maximum atomic E-state index is 15.9. The first-order valence-corrected chi connectivity index (χ1v) is 47.8. The van der Waals surface area contributed by atoms with Crippen molar-refractivity contribution in [1.82, 2.24) is 93.9 Å². The van der Waals surface area contributed by atoms with E-state index in [1.807, 2.05) is 105 Å². The number of ether oxygens (including phenoxy) is 1. The second-order valence-corrected chi connectivity index (χ2v) is 37.9. The lowest BCUT2D eigenvalue weighted by molar-refractivity contribution is -0.127. The summed E-state index contributed by atoms with van der Waals surface area (Å²) < 4.78 is 71.0. The van der Waals surface area contributed by atoms with Crippen LogP contribution in [0.15, 0.2) is 131 Å². The van der Waals surface area contributed by atoms with Crippen molar-refractivity contribution in [2.75, 3.05) is 149 Å². The maximum absolute atomic E-state index is 15.9. The number of hydrogen-bond acceptors (Lipinski definition) is 28. The molecule has 6 N–H and O–H groups in total. The molecule has 0 unspecified atom stereocenters. The highest BCUT2D eigenvalue weighted by Crippen LogP contribution is 2.45. The van der Waals surface area contributed by atoms with Crippen molar-refractivity contribution in [3.05, 3.63) is 216 Å². The summed E-state index contributed by atoms with van der Waals surface area (Å²) in [5.41, 5.74) is 9.02. The minimum absolute atomic E-state index is 0.00261. The van der Waals surface area contributed by atoms with Crippen molar-refractivity contribution in [1.29, 1.82) is 0 Å². The number of hydrogen-bond donors (Lipinski definition) is 5. The van der Waals surface area contributed by atoms with Crippen molar-refractivity contribution in [3.63, 3.8) is 0 Å². The minimum atomic E-state index is -0.914. The Morgan fingerprint density at radius 3 is 1.09 bits per heavy atom. The smallest absolute Gasteiger partial charge is 0.355 e. The molecule has 12 aromatic rings. The van der Waals surface area contributed by atoms with Gasteiger partial charge in [-0.25, -0.2) is 85.5 Å². The van der Waals surface area contributed by atoms with Crippen molar-refractivity contribution in [2.24, 2.45) is 0 Å². The van der Waals surface area contributed by atoms with Crippen LogP contribution in [0.5, 0.6) is 17.4 Å². The second-order valence-electron chi connectivity index (χ2n) is 37.0. The van der Waals surface area contributed by atoms with Crippen molar-refractivity contribution in [2.45, 2.75) is 145 Å². The number of carbonyl (C=O) groups is 3. The van der Waals surface area contributed by atoms with Gasteiger partial charge in [0.1, 0.15) is 52.1 Å². The topological polar surface area (TPSA) is 385 Å². The Labute approximate surface area is 822 Å². The highest BCUT2D eigenvalue weighted by Gasteiger charge is 2.39. The van der Waals surface area contributed by atoms with Crippen LogP contribution in [-0.2, 0) is 14.4 Å². The van der Waals surface area contributed by atoms with Gasteiger partial charge in [-0.15, -0.1) is 0 Å². The van der Waals surface area contributed by atoms with Gasteiger partial charge in [-0.2, -0.15) is 15.0 Å². The lowest BCUT2D eigenvalue weighted by Gasteiger charge is -2.40. The second kappa shape index (κ2) is 42.1. The number of carbonyl (C=O) groups excluding carboxylic acids is 3. The Morgan fingerprint density at radius 1 is 0.433 bits per heavy atom. The van der Waals surface area contributed by atoms with Crippen LogP contribution in [0.2, 0.25) is 10.0 Å². The molecule has 0 saturated carbocycles. The Bertz CT molecular complexity index is 6730. The van der Waals surface area contributed by atoms with Crippen LogP contribution in [-0.4, -0.2) is 248 Å². The van der Waals surface area contributed by atoms with Crippen LogP contribution in [0.25, 0.3) is 83.9 Å². The van der Waals surface area contributed by atoms with E-state index in [0.717, 1.165) is 64.5 Å². The van der Waals surface area contributed by atoms with Crippen LogP contribution in [0.3, 0.4) is 0 Å². The fourth-order valence-electron chi connectivity index (χ4n) is 18.7. The summed E-state index contributed by atoms with van der Waals surface area (Å²) in [5.74, 6) is -2.72. The maximum Gasteiger partial charge on any atom is 0.355 e. The molecule has 9 aromatic heterocycles. The van der Waals surface area contributed by atoms with E-state index in [1.54, 1.807) is 45.9 Å². The van der Waals surface area contributed by atoms with E-state index >= 15 is 13.2 Å². The van der Waals surface area contributed by atoms with Gasteiger partial charge in [-0.3, -0.25) is 14.4 Å². The Hall–Kier alpha value is -14.1. The molecular weight excluding hydrogens is 1850 g/mol. The molecule has 3 amide bonds. The van der Waals surface area contributed by atoms with Gasteiger partial charge in [-0.1, -0.05) is 130 Å². The van der Waals surface area contributed by atoms with Gasteiger partial charge < -0.3 is 70.5 Å². The first-order chi connectivity index (χ1) is 67.3. The monoisotopic (exact) mass is 1970 g/mol. The number of nitrogens with zero attached hydrogens (tertiary/aromatic N) is 22. The zero-order chi connectivity index (χ0) is 101. The van der Waals surface area contributed by atoms with Crippen molar-refractivity contribution in [3.8, 4) is 68.2 Å². The Kier molecular flexibility index (Phi) is 30.3. The van der Waals surface area contributed by atoms with Gasteiger partial charge in [-0.05, 0) is 136 Å².